The normalized spacial score (nSPS) is 18.0. The monoisotopic (exact) mass is 270 g/mol. The summed E-state index contributed by atoms with van der Waals surface area (Å²) in [5.41, 5.74) is 0. The highest BCUT2D eigenvalue weighted by atomic mass is 79.9. The number of rotatable bonds is 3. The van der Waals surface area contributed by atoms with Crippen molar-refractivity contribution in [2.75, 3.05) is 0 Å². The van der Waals surface area contributed by atoms with E-state index in [4.69, 9.17) is 0 Å². The summed E-state index contributed by atoms with van der Waals surface area (Å²) in [6.45, 7) is 8.93. The lowest BCUT2D eigenvalue weighted by molar-refractivity contribution is 0.516. The maximum Gasteiger partial charge on any atom is 0.0296 e. The van der Waals surface area contributed by atoms with Crippen LogP contribution in [0, 0.1) is 11.8 Å². The van der Waals surface area contributed by atoms with Gasteiger partial charge in [-0.3, -0.25) is 0 Å². The molecule has 2 unspecified atom stereocenters. The van der Waals surface area contributed by atoms with Crippen LogP contribution in [0.3, 0.4) is 0 Å². The van der Waals surface area contributed by atoms with Gasteiger partial charge >= 0.3 is 0 Å². The van der Waals surface area contributed by atoms with Crippen molar-refractivity contribution in [1.29, 1.82) is 0 Å². The van der Waals surface area contributed by atoms with Crippen LogP contribution in [0.1, 0.15) is 27.7 Å². The average Bonchev–Trinajstić information content (AvgIpc) is 1.84. The Kier molecular flexibility index (Phi) is 5.22. The molecule has 2 heteroatoms. The van der Waals surface area contributed by atoms with Crippen LogP contribution in [0.4, 0.5) is 0 Å². The predicted octanol–water partition coefficient (Wildman–Crippen LogP) is 3.83. The maximum atomic E-state index is 3.66. The number of hydrogen-bond donors (Lipinski definition) is 0. The fourth-order valence-electron chi connectivity index (χ4n) is 0.735. The van der Waals surface area contributed by atoms with Crippen molar-refractivity contribution in [3.8, 4) is 0 Å². The van der Waals surface area contributed by atoms with E-state index in [0.29, 0.717) is 21.5 Å². The minimum absolute atomic E-state index is 0.590. The van der Waals surface area contributed by atoms with Crippen molar-refractivity contribution < 1.29 is 0 Å². The summed E-state index contributed by atoms with van der Waals surface area (Å²) in [6, 6.07) is 0. The molecule has 0 aromatic carbocycles. The summed E-state index contributed by atoms with van der Waals surface area (Å²) in [4.78, 5) is 1.18. The van der Waals surface area contributed by atoms with E-state index in [-0.39, 0.29) is 0 Å². The highest BCUT2D eigenvalue weighted by molar-refractivity contribution is 9.12. The van der Waals surface area contributed by atoms with Gasteiger partial charge in [0.05, 0.1) is 0 Å². The molecule has 0 aliphatic rings. The molecular weight excluding hydrogens is 256 g/mol. The van der Waals surface area contributed by atoms with E-state index in [1.807, 2.05) is 0 Å². The van der Waals surface area contributed by atoms with Gasteiger partial charge in [0, 0.05) is 9.65 Å². The summed E-state index contributed by atoms with van der Waals surface area (Å²) in [5, 5.41) is 0. The van der Waals surface area contributed by atoms with Gasteiger partial charge in [0.1, 0.15) is 0 Å². The first-order valence-corrected chi connectivity index (χ1v) is 5.58. The molecule has 0 nitrogen and oxygen atoms in total. The van der Waals surface area contributed by atoms with E-state index in [1.165, 1.54) is 0 Å². The molecule has 0 aromatic rings. The molecule has 0 bridgehead atoms. The van der Waals surface area contributed by atoms with Gasteiger partial charge in [-0.1, -0.05) is 59.6 Å². The summed E-state index contributed by atoms with van der Waals surface area (Å²) in [5.74, 6) is 1.40. The molecule has 0 fully saturated rings. The highest BCUT2D eigenvalue weighted by Crippen LogP contribution is 2.27. The van der Waals surface area contributed by atoms with Crippen LogP contribution < -0.4 is 0 Å². The third-order valence-electron chi connectivity index (χ3n) is 1.58. The number of hydrogen-bond acceptors (Lipinski definition) is 0. The predicted molar refractivity (Wildman–Crippen MR) is 55.1 cm³/mol. The van der Waals surface area contributed by atoms with E-state index in [1.54, 1.807) is 0 Å². The van der Waals surface area contributed by atoms with Crippen LogP contribution in [-0.2, 0) is 0 Å². The summed E-state index contributed by atoms with van der Waals surface area (Å²) >= 11 is 7.32. The molecule has 0 saturated carbocycles. The Morgan fingerprint density at radius 3 is 1.00 bits per heavy atom. The Balaban J connectivity index is 3.81. The van der Waals surface area contributed by atoms with E-state index in [2.05, 4.69) is 59.6 Å². The first-order valence-electron chi connectivity index (χ1n) is 3.75. The van der Waals surface area contributed by atoms with Crippen LogP contribution in [0.25, 0.3) is 0 Å². The molecule has 0 rings (SSSR count). The molecule has 0 amide bonds. The van der Waals surface area contributed by atoms with Crippen molar-refractivity contribution in [2.24, 2.45) is 11.8 Å². The molecular formula is C8H16Br2. The van der Waals surface area contributed by atoms with Crippen molar-refractivity contribution in [3.05, 3.63) is 0 Å². The fourth-order valence-corrected chi connectivity index (χ4v) is 1.96. The molecule has 0 aliphatic carbocycles. The lowest BCUT2D eigenvalue weighted by Crippen LogP contribution is -2.24. The molecule has 0 aromatic heterocycles. The minimum Gasteiger partial charge on any atom is -0.0876 e. The quantitative estimate of drug-likeness (QED) is 0.685. The van der Waals surface area contributed by atoms with Crippen LogP contribution in [0.2, 0.25) is 0 Å². The Hall–Kier alpha value is 0.960. The molecule has 10 heavy (non-hydrogen) atoms. The Bertz CT molecular complexity index is 77.3. The largest absolute Gasteiger partial charge is 0.0876 e. The molecule has 0 spiro atoms. The van der Waals surface area contributed by atoms with E-state index in [0.717, 1.165) is 0 Å². The molecule has 0 heterocycles. The molecule has 0 saturated heterocycles. The maximum absolute atomic E-state index is 3.66. The van der Waals surface area contributed by atoms with E-state index >= 15 is 0 Å². The van der Waals surface area contributed by atoms with Crippen LogP contribution in [-0.4, -0.2) is 9.65 Å². The van der Waals surface area contributed by atoms with Crippen molar-refractivity contribution in [2.45, 2.75) is 37.3 Å². The molecule has 0 radical (unpaired) electrons. The SMILES string of the molecule is CC(C)C(Br)C(Br)C(C)C. The van der Waals surface area contributed by atoms with Crippen molar-refractivity contribution in [3.63, 3.8) is 0 Å². The zero-order valence-corrected chi connectivity index (χ0v) is 10.2. The van der Waals surface area contributed by atoms with Gasteiger partial charge in [0.2, 0.25) is 0 Å². The van der Waals surface area contributed by atoms with Crippen LogP contribution in [0.5, 0.6) is 0 Å². The standard InChI is InChI=1S/C8H16Br2/c1-5(2)7(9)8(10)6(3)4/h5-8H,1-4H3. The first kappa shape index (κ1) is 11.0. The van der Waals surface area contributed by atoms with Crippen molar-refractivity contribution in [1.82, 2.24) is 0 Å². The first-order chi connectivity index (χ1) is 4.46. The topological polar surface area (TPSA) is 0 Å². The molecule has 0 aliphatic heterocycles. The van der Waals surface area contributed by atoms with Gasteiger partial charge < -0.3 is 0 Å². The molecule has 2 atom stereocenters. The summed E-state index contributed by atoms with van der Waals surface area (Å²) in [6.07, 6.45) is 0. The Morgan fingerprint density at radius 2 is 0.900 bits per heavy atom. The second-order valence-electron chi connectivity index (χ2n) is 3.38. The Labute approximate surface area is 81.0 Å². The van der Waals surface area contributed by atoms with Gasteiger partial charge in [0.15, 0.2) is 0 Å². The van der Waals surface area contributed by atoms with Crippen LogP contribution >= 0.6 is 31.9 Å². The number of halogens is 2. The Morgan fingerprint density at radius 1 is 0.700 bits per heavy atom. The van der Waals surface area contributed by atoms with Crippen LogP contribution in [0.15, 0.2) is 0 Å². The lowest BCUT2D eigenvalue weighted by atomic mass is 10.0. The summed E-state index contributed by atoms with van der Waals surface area (Å²) in [7, 11) is 0. The van der Waals surface area contributed by atoms with Gasteiger partial charge in [0.25, 0.3) is 0 Å². The second-order valence-corrected chi connectivity index (χ2v) is 5.49. The third-order valence-corrected chi connectivity index (χ3v) is 5.54. The minimum atomic E-state index is 0.590. The van der Waals surface area contributed by atoms with E-state index < -0.39 is 0 Å². The van der Waals surface area contributed by atoms with Gasteiger partial charge in [-0.15, -0.1) is 0 Å². The lowest BCUT2D eigenvalue weighted by Gasteiger charge is -2.22. The average molecular weight is 272 g/mol. The fraction of sp³-hybridized carbons (Fsp3) is 1.00. The van der Waals surface area contributed by atoms with E-state index in [9.17, 15) is 0 Å². The highest BCUT2D eigenvalue weighted by Gasteiger charge is 2.21. The smallest absolute Gasteiger partial charge is 0.0296 e. The number of alkyl halides is 2. The summed E-state index contributed by atoms with van der Waals surface area (Å²) < 4.78 is 0. The molecule has 0 N–H and O–H groups in total. The zero-order valence-electron chi connectivity index (χ0n) is 7.07. The van der Waals surface area contributed by atoms with Gasteiger partial charge in [-0.2, -0.15) is 0 Å². The third kappa shape index (κ3) is 3.38. The van der Waals surface area contributed by atoms with Gasteiger partial charge in [-0.25, -0.2) is 0 Å². The molecule has 62 valence electrons. The van der Waals surface area contributed by atoms with Gasteiger partial charge in [-0.05, 0) is 11.8 Å². The second kappa shape index (κ2) is 4.76. The zero-order chi connectivity index (χ0) is 8.31. The van der Waals surface area contributed by atoms with Crippen molar-refractivity contribution >= 4 is 31.9 Å².